The summed E-state index contributed by atoms with van der Waals surface area (Å²) in [7, 11) is 0. The maximum Gasteiger partial charge on any atom is 0.242 e. The second-order valence-electron chi connectivity index (χ2n) is 5.21. The van der Waals surface area contributed by atoms with E-state index in [1.54, 1.807) is 0 Å². The van der Waals surface area contributed by atoms with Gasteiger partial charge in [-0.05, 0) is 43.2 Å². The van der Waals surface area contributed by atoms with Crippen molar-refractivity contribution in [3.63, 3.8) is 0 Å². The average molecular weight is 361 g/mol. The molecule has 116 valence electrons. The fourth-order valence-corrected chi connectivity index (χ4v) is 2.47. The summed E-state index contributed by atoms with van der Waals surface area (Å²) in [6.45, 7) is 5.70. The molecule has 0 aromatic heterocycles. The van der Waals surface area contributed by atoms with E-state index in [1.165, 1.54) is 0 Å². The fourth-order valence-electron chi connectivity index (χ4n) is 2.22. The van der Waals surface area contributed by atoms with Crippen LogP contribution in [0.1, 0.15) is 18.1 Å². The summed E-state index contributed by atoms with van der Waals surface area (Å²) in [5, 5.41) is 3.20. The molecule has 4 heteroatoms. The van der Waals surface area contributed by atoms with Gasteiger partial charge in [-0.15, -0.1) is 0 Å². The minimum atomic E-state index is 0.104. The van der Waals surface area contributed by atoms with Gasteiger partial charge < -0.3 is 10.2 Å². The Morgan fingerprint density at radius 1 is 1.18 bits per heavy atom. The number of nitrogens with zero attached hydrogens (tertiary/aromatic N) is 1. The molecule has 2 rings (SSSR count). The molecule has 0 spiro atoms. The summed E-state index contributed by atoms with van der Waals surface area (Å²) in [6.07, 6.45) is 0. The van der Waals surface area contributed by atoms with Crippen LogP contribution in [0.25, 0.3) is 0 Å². The normalized spacial score (nSPS) is 10.3. The van der Waals surface area contributed by atoms with Crippen LogP contribution in [-0.4, -0.2) is 23.9 Å². The smallest absolute Gasteiger partial charge is 0.242 e. The molecule has 0 heterocycles. The van der Waals surface area contributed by atoms with Crippen molar-refractivity contribution in [1.82, 2.24) is 4.90 Å². The van der Waals surface area contributed by atoms with Gasteiger partial charge in [0.05, 0.1) is 6.54 Å². The lowest BCUT2D eigenvalue weighted by Crippen LogP contribution is -2.34. The van der Waals surface area contributed by atoms with E-state index in [-0.39, 0.29) is 5.91 Å². The third-order valence-electron chi connectivity index (χ3n) is 3.55. The van der Waals surface area contributed by atoms with E-state index in [2.05, 4.69) is 21.2 Å². The monoisotopic (exact) mass is 360 g/mol. The predicted octanol–water partition coefficient (Wildman–Crippen LogP) is 4.22. The molecular weight excluding hydrogens is 340 g/mol. The number of likely N-dealkylation sites (N-methyl/N-ethyl adjacent to an activating group) is 1. The van der Waals surface area contributed by atoms with Crippen molar-refractivity contribution >= 4 is 27.5 Å². The number of aryl methyl sites for hydroxylation is 1. The lowest BCUT2D eigenvalue weighted by molar-refractivity contribution is -0.129. The van der Waals surface area contributed by atoms with Gasteiger partial charge in [0.2, 0.25) is 5.91 Å². The number of amides is 1. The lowest BCUT2D eigenvalue weighted by atomic mass is 10.2. The van der Waals surface area contributed by atoms with Crippen LogP contribution < -0.4 is 5.32 Å². The molecule has 0 saturated carbocycles. The zero-order chi connectivity index (χ0) is 15.9. The van der Waals surface area contributed by atoms with Crippen LogP contribution in [0.3, 0.4) is 0 Å². The highest BCUT2D eigenvalue weighted by Gasteiger charge is 2.11. The van der Waals surface area contributed by atoms with Crippen LogP contribution in [0.15, 0.2) is 53.0 Å². The molecular formula is C18H21BrN2O. The van der Waals surface area contributed by atoms with Crippen LogP contribution in [0.5, 0.6) is 0 Å². The molecule has 0 fully saturated rings. The number of rotatable bonds is 6. The van der Waals surface area contributed by atoms with Crippen molar-refractivity contribution in [3.8, 4) is 0 Å². The highest BCUT2D eigenvalue weighted by molar-refractivity contribution is 9.10. The van der Waals surface area contributed by atoms with Crippen LogP contribution >= 0.6 is 15.9 Å². The molecule has 0 saturated heterocycles. The van der Waals surface area contributed by atoms with E-state index in [1.807, 2.05) is 67.3 Å². The summed E-state index contributed by atoms with van der Waals surface area (Å²) < 4.78 is 1.07. The van der Waals surface area contributed by atoms with Gasteiger partial charge in [0.15, 0.2) is 0 Å². The van der Waals surface area contributed by atoms with Gasteiger partial charge in [0.25, 0.3) is 0 Å². The number of anilines is 1. The van der Waals surface area contributed by atoms with E-state index in [0.29, 0.717) is 19.6 Å². The maximum atomic E-state index is 12.4. The first-order valence-corrected chi connectivity index (χ1v) is 8.21. The number of carbonyl (C=O) groups excluding carboxylic acids is 1. The molecule has 0 atom stereocenters. The Morgan fingerprint density at radius 2 is 1.91 bits per heavy atom. The molecule has 22 heavy (non-hydrogen) atoms. The standard InChI is InChI=1S/C18H21BrN2O/c1-3-21(13-15-7-5-4-6-8-15)18(22)12-20-16-9-10-17(19)14(2)11-16/h4-11,20H,3,12-13H2,1-2H3. The third kappa shape index (κ3) is 4.60. The number of nitrogens with one attached hydrogen (secondary N) is 1. The minimum absolute atomic E-state index is 0.104. The number of halogens is 1. The number of hydrogen-bond acceptors (Lipinski definition) is 2. The molecule has 0 aliphatic heterocycles. The Bertz CT molecular complexity index is 628. The summed E-state index contributed by atoms with van der Waals surface area (Å²) in [6, 6.07) is 16.1. The van der Waals surface area contributed by atoms with Crippen LogP contribution in [0.2, 0.25) is 0 Å². The van der Waals surface area contributed by atoms with Crippen molar-refractivity contribution in [1.29, 1.82) is 0 Å². The Morgan fingerprint density at radius 3 is 2.55 bits per heavy atom. The molecule has 0 unspecified atom stereocenters. The highest BCUT2D eigenvalue weighted by Crippen LogP contribution is 2.19. The molecule has 2 aromatic rings. The Labute approximate surface area is 140 Å². The first kappa shape index (κ1) is 16.6. The van der Waals surface area contributed by atoms with Gasteiger partial charge in [-0.3, -0.25) is 4.79 Å². The highest BCUT2D eigenvalue weighted by atomic mass is 79.9. The Hall–Kier alpha value is -1.81. The fraction of sp³-hybridized carbons (Fsp3) is 0.278. The average Bonchev–Trinajstić information content (AvgIpc) is 2.54. The zero-order valence-electron chi connectivity index (χ0n) is 13.0. The van der Waals surface area contributed by atoms with Gasteiger partial charge in [-0.1, -0.05) is 46.3 Å². The van der Waals surface area contributed by atoms with Crippen LogP contribution in [0.4, 0.5) is 5.69 Å². The molecule has 0 bridgehead atoms. The van der Waals surface area contributed by atoms with Crippen molar-refractivity contribution in [2.45, 2.75) is 20.4 Å². The van der Waals surface area contributed by atoms with Crippen molar-refractivity contribution in [3.05, 3.63) is 64.1 Å². The summed E-state index contributed by atoms with van der Waals surface area (Å²) >= 11 is 3.48. The zero-order valence-corrected chi connectivity index (χ0v) is 14.6. The summed E-state index contributed by atoms with van der Waals surface area (Å²) in [5.41, 5.74) is 3.26. The van der Waals surface area contributed by atoms with E-state index < -0.39 is 0 Å². The molecule has 0 radical (unpaired) electrons. The van der Waals surface area contributed by atoms with Crippen molar-refractivity contribution in [2.24, 2.45) is 0 Å². The van der Waals surface area contributed by atoms with Gasteiger partial charge in [0.1, 0.15) is 0 Å². The van der Waals surface area contributed by atoms with Gasteiger partial charge >= 0.3 is 0 Å². The Balaban J connectivity index is 1.93. The minimum Gasteiger partial charge on any atom is -0.376 e. The second kappa shape index (κ2) is 7.99. The second-order valence-corrected chi connectivity index (χ2v) is 6.07. The molecule has 0 aliphatic carbocycles. The molecule has 1 amide bonds. The van der Waals surface area contributed by atoms with E-state index in [9.17, 15) is 4.79 Å². The molecule has 0 aliphatic rings. The lowest BCUT2D eigenvalue weighted by Gasteiger charge is -2.21. The molecule has 2 aromatic carbocycles. The largest absolute Gasteiger partial charge is 0.376 e. The number of carbonyl (C=O) groups is 1. The van der Waals surface area contributed by atoms with E-state index >= 15 is 0 Å². The third-order valence-corrected chi connectivity index (χ3v) is 4.44. The summed E-state index contributed by atoms with van der Waals surface area (Å²) in [4.78, 5) is 14.2. The predicted molar refractivity (Wildman–Crippen MR) is 94.9 cm³/mol. The molecule has 1 N–H and O–H groups in total. The maximum absolute atomic E-state index is 12.4. The summed E-state index contributed by atoms with van der Waals surface area (Å²) in [5.74, 6) is 0.104. The van der Waals surface area contributed by atoms with E-state index in [4.69, 9.17) is 0 Å². The van der Waals surface area contributed by atoms with Crippen molar-refractivity contribution < 1.29 is 4.79 Å². The van der Waals surface area contributed by atoms with Gasteiger partial charge in [-0.25, -0.2) is 0 Å². The topological polar surface area (TPSA) is 32.3 Å². The Kier molecular flexibility index (Phi) is 6.01. The quantitative estimate of drug-likeness (QED) is 0.836. The van der Waals surface area contributed by atoms with Gasteiger partial charge in [-0.2, -0.15) is 0 Å². The van der Waals surface area contributed by atoms with Crippen LogP contribution in [-0.2, 0) is 11.3 Å². The first-order chi connectivity index (χ1) is 10.6. The van der Waals surface area contributed by atoms with Crippen LogP contribution in [0, 0.1) is 6.92 Å². The molecule has 3 nitrogen and oxygen atoms in total. The van der Waals surface area contributed by atoms with Crippen molar-refractivity contribution in [2.75, 3.05) is 18.4 Å². The first-order valence-electron chi connectivity index (χ1n) is 7.42. The SMILES string of the molecule is CCN(Cc1ccccc1)C(=O)CNc1ccc(Br)c(C)c1. The number of benzene rings is 2. The van der Waals surface area contributed by atoms with E-state index in [0.717, 1.165) is 21.3 Å². The van der Waals surface area contributed by atoms with Gasteiger partial charge in [0, 0.05) is 23.2 Å². The number of hydrogen-bond donors (Lipinski definition) is 1.